The van der Waals surface area contributed by atoms with E-state index in [-0.39, 0.29) is 0 Å². The minimum absolute atomic E-state index is 0.456. The van der Waals surface area contributed by atoms with Gasteiger partial charge in [-0.05, 0) is 17.7 Å². The molecule has 0 atom stereocenters. The standard InChI is InChI=1S/C13H17N3O/c1-4-8-15-13(14-2)16-10-11-6-5-7-12(9-11)17-3/h1,5-7,9H,8,10H2,2-3H3,(H2,14,15,16). The Balaban J connectivity index is 2.51. The molecule has 0 unspecified atom stereocenters. The Morgan fingerprint density at radius 3 is 2.94 bits per heavy atom. The van der Waals surface area contributed by atoms with Gasteiger partial charge in [-0.2, -0.15) is 0 Å². The van der Waals surface area contributed by atoms with Gasteiger partial charge in [0.15, 0.2) is 5.96 Å². The zero-order valence-corrected chi connectivity index (χ0v) is 10.2. The molecule has 1 aromatic carbocycles. The SMILES string of the molecule is C#CCNC(=NC)NCc1cccc(OC)c1. The molecule has 0 fully saturated rings. The van der Waals surface area contributed by atoms with Gasteiger partial charge in [-0.25, -0.2) is 0 Å². The van der Waals surface area contributed by atoms with Crippen molar-refractivity contribution in [2.24, 2.45) is 4.99 Å². The van der Waals surface area contributed by atoms with E-state index in [0.717, 1.165) is 11.3 Å². The zero-order valence-electron chi connectivity index (χ0n) is 10.2. The Morgan fingerprint density at radius 2 is 2.29 bits per heavy atom. The second kappa shape index (κ2) is 7.18. The fourth-order valence-electron chi connectivity index (χ4n) is 1.32. The van der Waals surface area contributed by atoms with Crippen molar-refractivity contribution in [2.45, 2.75) is 6.54 Å². The number of ether oxygens (including phenoxy) is 1. The van der Waals surface area contributed by atoms with Gasteiger partial charge >= 0.3 is 0 Å². The van der Waals surface area contributed by atoms with Crippen molar-refractivity contribution in [1.29, 1.82) is 0 Å². The lowest BCUT2D eigenvalue weighted by Gasteiger charge is -2.10. The van der Waals surface area contributed by atoms with Crippen LogP contribution in [0.2, 0.25) is 0 Å². The number of guanidine groups is 1. The van der Waals surface area contributed by atoms with Crippen LogP contribution in [0.4, 0.5) is 0 Å². The normalized spacial score (nSPS) is 10.5. The summed E-state index contributed by atoms with van der Waals surface area (Å²) < 4.78 is 5.15. The van der Waals surface area contributed by atoms with Crippen LogP contribution in [-0.4, -0.2) is 26.7 Å². The highest BCUT2D eigenvalue weighted by atomic mass is 16.5. The molecule has 0 bridgehead atoms. The van der Waals surface area contributed by atoms with Crippen LogP contribution in [-0.2, 0) is 6.54 Å². The van der Waals surface area contributed by atoms with E-state index in [1.54, 1.807) is 14.2 Å². The molecule has 0 aliphatic heterocycles. The zero-order chi connectivity index (χ0) is 12.5. The fraction of sp³-hybridized carbons (Fsp3) is 0.308. The second-order valence-corrected chi connectivity index (χ2v) is 3.33. The number of rotatable bonds is 4. The summed E-state index contributed by atoms with van der Waals surface area (Å²) in [5.41, 5.74) is 1.12. The van der Waals surface area contributed by atoms with Gasteiger partial charge in [-0.15, -0.1) is 6.42 Å². The van der Waals surface area contributed by atoms with E-state index in [2.05, 4.69) is 21.5 Å². The third kappa shape index (κ3) is 4.47. The molecule has 0 aliphatic rings. The van der Waals surface area contributed by atoms with E-state index in [1.807, 2.05) is 24.3 Å². The average Bonchev–Trinajstić information content (AvgIpc) is 2.39. The lowest BCUT2D eigenvalue weighted by molar-refractivity contribution is 0.414. The topological polar surface area (TPSA) is 45.7 Å². The first-order valence-electron chi connectivity index (χ1n) is 5.31. The number of nitrogens with one attached hydrogen (secondary N) is 2. The Hall–Kier alpha value is -2.15. The first-order valence-corrected chi connectivity index (χ1v) is 5.31. The molecule has 0 heterocycles. The molecule has 0 radical (unpaired) electrons. The molecule has 17 heavy (non-hydrogen) atoms. The summed E-state index contributed by atoms with van der Waals surface area (Å²) in [6.07, 6.45) is 5.16. The van der Waals surface area contributed by atoms with Gasteiger partial charge in [-0.3, -0.25) is 4.99 Å². The molecule has 0 aromatic heterocycles. The van der Waals surface area contributed by atoms with Crippen LogP contribution in [0, 0.1) is 12.3 Å². The summed E-state index contributed by atoms with van der Waals surface area (Å²) in [6, 6.07) is 7.85. The molecule has 0 saturated carbocycles. The Kier molecular flexibility index (Phi) is 5.45. The predicted octanol–water partition coefficient (Wildman–Crippen LogP) is 0.993. The highest BCUT2D eigenvalue weighted by Crippen LogP contribution is 2.11. The van der Waals surface area contributed by atoms with Gasteiger partial charge in [0.2, 0.25) is 0 Å². The molecule has 0 saturated heterocycles. The summed E-state index contributed by atoms with van der Waals surface area (Å²) in [7, 11) is 3.36. The van der Waals surface area contributed by atoms with Crippen molar-refractivity contribution in [3.05, 3.63) is 29.8 Å². The van der Waals surface area contributed by atoms with Crippen LogP contribution < -0.4 is 15.4 Å². The van der Waals surface area contributed by atoms with Gasteiger partial charge in [-0.1, -0.05) is 18.1 Å². The smallest absolute Gasteiger partial charge is 0.192 e. The van der Waals surface area contributed by atoms with Crippen LogP contribution in [0.5, 0.6) is 5.75 Å². The van der Waals surface area contributed by atoms with Gasteiger partial charge < -0.3 is 15.4 Å². The maximum absolute atomic E-state index is 5.16. The average molecular weight is 231 g/mol. The summed E-state index contributed by atoms with van der Waals surface area (Å²) in [5, 5.41) is 6.15. The molecule has 4 heteroatoms. The van der Waals surface area contributed by atoms with Gasteiger partial charge in [0.05, 0.1) is 13.7 Å². The summed E-state index contributed by atoms with van der Waals surface area (Å²) >= 11 is 0. The molecule has 0 spiro atoms. The number of benzene rings is 1. The quantitative estimate of drug-likeness (QED) is 0.461. The highest BCUT2D eigenvalue weighted by molar-refractivity contribution is 5.79. The van der Waals surface area contributed by atoms with E-state index in [9.17, 15) is 0 Å². The maximum Gasteiger partial charge on any atom is 0.192 e. The molecule has 90 valence electrons. The van der Waals surface area contributed by atoms with Crippen molar-refractivity contribution in [3.63, 3.8) is 0 Å². The molecule has 2 N–H and O–H groups in total. The lowest BCUT2D eigenvalue weighted by Crippen LogP contribution is -2.36. The summed E-state index contributed by atoms with van der Waals surface area (Å²) in [5.74, 6) is 4.03. The summed E-state index contributed by atoms with van der Waals surface area (Å²) in [4.78, 5) is 4.05. The second-order valence-electron chi connectivity index (χ2n) is 3.33. The molecule has 0 amide bonds. The monoisotopic (exact) mass is 231 g/mol. The molecule has 0 aliphatic carbocycles. The van der Waals surface area contributed by atoms with E-state index < -0.39 is 0 Å². The van der Waals surface area contributed by atoms with Crippen molar-refractivity contribution in [3.8, 4) is 18.1 Å². The van der Waals surface area contributed by atoms with E-state index in [1.165, 1.54) is 0 Å². The highest BCUT2D eigenvalue weighted by Gasteiger charge is 1.98. The van der Waals surface area contributed by atoms with E-state index in [4.69, 9.17) is 11.2 Å². The van der Waals surface area contributed by atoms with Crippen molar-refractivity contribution >= 4 is 5.96 Å². The largest absolute Gasteiger partial charge is 0.497 e. The van der Waals surface area contributed by atoms with Crippen molar-refractivity contribution in [1.82, 2.24) is 10.6 Å². The molecular formula is C13H17N3O. The number of methoxy groups -OCH3 is 1. The molecule has 1 aromatic rings. The predicted molar refractivity (Wildman–Crippen MR) is 70.0 cm³/mol. The Labute approximate surface area is 102 Å². The summed E-state index contributed by atoms with van der Waals surface area (Å²) in [6.45, 7) is 1.12. The first-order chi connectivity index (χ1) is 8.30. The number of hydrogen-bond donors (Lipinski definition) is 2. The van der Waals surface area contributed by atoms with Crippen LogP contribution in [0.3, 0.4) is 0 Å². The van der Waals surface area contributed by atoms with Crippen LogP contribution >= 0.6 is 0 Å². The third-order valence-electron chi connectivity index (χ3n) is 2.18. The Morgan fingerprint density at radius 1 is 1.47 bits per heavy atom. The third-order valence-corrected chi connectivity index (χ3v) is 2.18. The first kappa shape index (κ1) is 12.9. The molecular weight excluding hydrogens is 214 g/mol. The van der Waals surface area contributed by atoms with Gasteiger partial charge in [0.1, 0.15) is 5.75 Å². The minimum Gasteiger partial charge on any atom is -0.497 e. The van der Waals surface area contributed by atoms with Crippen molar-refractivity contribution in [2.75, 3.05) is 20.7 Å². The van der Waals surface area contributed by atoms with Crippen LogP contribution in [0.25, 0.3) is 0 Å². The number of terminal acetylenes is 1. The van der Waals surface area contributed by atoms with E-state index >= 15 is 0 Å². The number of hydrogen-bond acceptors (Lipinski definition) is 2. The lowest BCUT2D eigenvalue weighted by atomic mass is 10.2. The van der Waals surface area contributed by atoms with Gasteiger partial charge in [0.25, 0.3) is 0 Å². The molecule has 1 rings (SSSR count). The van der Waals surface area contributed by atoms with E-state index in [0.29, 0.717) is 19.0 Å². The van der Waals surface area contributed by atoms with Gasteiger partial charge in [0, 0.05) is 13.6 Å². The Bertz CT molecular complexity index is 421. The van der Waals surface area contributed by atoms with Crippen LogP contribution in [0.15, 0.2) is 29.3 Å². The molecule has 4 nitrogen and oxygen atoms in total. The maximum atomic E-state index is 5.16. The number of aliphatic imine (C=N–C) groups is 1. The fourth-order valence-corrected chi connectivity index (χ4v) is 1.32. The van der Waals surface area contributed by atoms with Crippen LogP contribution in [0.1, 0.15) is 5.56 Å². The number of nitrogens with zero attached hydrogens (tertiary/aromatic N) is 1. The minimum atomic E-state index is 0.456. The van der Waals surface area contributed by atoms with Crippen molar-refractivity contribution < 1.29 is 4.74 Å².